The summed E-state index contributed by atoms with van der Waals surface area (Å²) in [5, 5.41) is 7.82. The normalized spacial score (nSPS) is 14.2. The van der Waals surface area contributed by atoms with Crippen LogP contribution in [0, 0.1) is 5.92 Å². The first-order valence-corrected chi connectivity index (χ1v) is 19.8. The van der Waals surface area contributed by atoms with E-state index in [0.717, 1.165) is 88.6 Å². The molecular weight excluding hydrogens is 707 g/mol. The average Bonchev–Trinajstić information content (AvgIpc) is 3.94. The second kappa shape index (κ2) is 12.1. The highest BCUT2D eigenvalue weighted by atomic mass is 32.1. The molecule has 1 unspecified atom stereocenters. The van der Waals surface area contributed by atoms with Crippen LogP contribution in [0.4, 0.5) is 0 Å². The maximum Gasteiger partial charge on any atom is 0.165 e. The fraction of sp³-hybridized carbons (Fsp3) is 0.0600. The number of rotatable bonds is 4. The molecule has 4 aromatic heterocycles. The van der Waals surface area contributed by atoms with E-state index in [4.69, 9.17) is 23.8 Å². The lowest BCUT2D eigenvalue weighted by atomic mass is 9.91. The maximum atomic E-state index is 6.66. The van der Waals surface area contributed by atoms with Crippen LogP contribution in [-0.2, 0) is 6.42 Å². The van der Waals surface area contributed by atoms with Crippen molar-refractivity contribution in [2.45, 2.75) is 13.3 Å². The Kier molecular flexibility index (Phi) is 6.77. The van der Waals surface area contributed by atoms with Gasteiger partial charge in [-0.2, -0.15) is 0 Å². The van der Waals surface area contributed by atoms with E-state index in [-0.39, 0.29) is 0 Å². The third kappa shape index (κ3) is 4.82. The number of thiophene rings is 1. The summed E-state index contributed by atoms with van der Waals surface area (Å²) < 4.78 is 15.5. The number of allylic oxidation sites excluding steroid dienone is 1. The van der Waals surface area contributed by atoms with Gasteiger partial charge in [0.05, 0.1) is 0 Å². The lowest BCUT2D eigenvalue weighted by molar-refractivity contribution is 0.513. The monoisotopic (exact) mass is 737 g/mol. The van der Waals surface area contributed by atoms with Gasteiger partial charge in [-0.05, 0) is 70.3 Å². The van der Waals surface area contributed by atoms with E-state index in [2.05, 4.69) is 146 Å². The molecule has 0 saturated carbocycles. The van der Waals surface area contributed by atoms with Gasteiger partial charge >= 0.3 is 0 Å². The summed E-state index contributed by atoms with van der Waals surface area (Å²) in [4.78, 5) is 16.0. The Morgan fingerprint density at radius 1 is 0.536 bits per heavy atom. The molecule has 7 aromatic carbocycles. The zero-order valence-electron chi connectivity index (χ0n) is 30.3. The summed E-state index contributed by atoms with van der Waals surface area (Å²) in [6.45, 7) is 2.23. The van der Waals surface area contributed by atoms with Gasteiger partial charge in [-0.25, -0.2) is 15.0 Å². The molecule has 0 aliphatic heterocycles. The molecule has 0 spiro atoms. The van der Waals surface area contributed by atoms with E-state index < -0.39 is 0 Å². The van der Waals surface area contributed by atoms with Gasteiger partial charge in [0.15, 0.2) is 17.5 Å². The lowest BCUT2D eigenvalue weighted by Crippen LogP contribution is -2.01. The van der Waals surface area contributed by atoms with Crippen molar-refractivity contribution in [3.05, 3.63) is 157 Å². The number of nitrogens with zero attached hydrogens (tertiary/aromatic N) is 3. The van der Waals surface area contributed by atoms with Crippen molar-refractivity contribution in [2.75, 3.05) is 0 Å². The predicted octanol–water partition coefficient (Wildman–Crippen LogP) is 13.9. The summed E-state index contributed by atoms with van der Waals surface area (Å²) >= 11 is 1.78. The fourth-order valence-corrected chi connectivity index (χ4v) is 9.81. The van der Waals surface area contributed by atoms with Crippen LogP contribution in [-0.4, -0.2) is 15.0 Å². The number of para-hydroxylation sites is 1. The Morgan fingerprint density at radius 2 is 1.27 bits per heavy atom. The molecule has 0 radical (unpaired) electrons. The van der Waals surface area contributed by atoms with Gasteiger partial charge < -0.3 is 8.83 Å². The quantitative estimate of drug-likeness (QED) is 0.180. The van der Waals surface area contributed by atoms with Crippen LogP contribution in [0.3, 0.4) is 0 Å². The van der Waals surface area contributed by atoms with E-state index in [0.29, 0.717) is 23.4 Å². The van der Waals surface area contributed by atoms with Crippen molar-refractivity contribution in [3.63, 3.8) is 0 Å². The summed E-state index contributed by atoms with van der Waals surface area (Å²) in [5.74, 6) is 3.30. The standard InChI is InChI=1S/C50H31N3O2S/c1-28-20-23-37-42(24-28)55-41-18-9-14-33(45(37)41)32-26-39(46-36-13-4-6-17-40(36)54-43(46)27-32)50-52-48(31-22-21-29-10-2-3-11-30(29)25-31)51-49(53-50)38-16-8-15-35-34-12-5-7-19-44(34)56-47(35)38/h2-23,25-28H,24H2,1H3. The maximum absolute atomic E-state index is 6.66. The summed E-state index contributed by atoms with van der Waals surface area (Å²) in [7, 11) is 0. The molecule has 56 heavy (non-hydrogen) atoms. The third-order valence-electron chi connectivity index (χ3n) is 11.2. The molecule has 4 heterocycles. The van der Waals surface area contributed by atoms with Crippen molar-refractivity contribution in [1.29, 1.82) is 0 Å². The Labute approximate surface area is 325 Å². The lowest BCUT2D eigenvalue weighted by Gasteiger charge is -2.13. The van der Waals surface area contributed by atoms with Crippen LogP contribution in [0.2, 0.25) is 0 Å². The second-order valence-corrected chi connectivity index (χ2v) is 15.9. The van der Waals surface area contributed by atoms with Crippen LogP contribution >= 0.6 is 11.3 Å². The molecule has 1 aliphatic rings. The van der Waals surface area contributed by atoms with Crippen LogP contribution in [0.15, 0.2) is 154 Å². The van der Waals surface area contributed by atoms with Gasteiger partial charge in [0.2, 0.25) is 0 Å². The van der Waals surface area contributed by atoms with Crippen molar-refractivity contribution < 1.29 is 8.83 Å². The van der Waals surface area contributed by atoms with Crippen molar-refractivity contribution in [1.82, 2.24) is 15.0 Å². The third-order valence-corrected chi connectivity index (χ3v) is 12.5. The van der Waals surface area contributed by atoms with E-state index in [1.165, 1.54) is 20.9 Å². The van der Waals surface area contributed by atoms with Crippen LogP contribution in [0.1, 0.15) is 18.2 Å². The SMILES string of the molecule is CC1C=Cc2c(oc3cccc(-c4cc(-c5nc(-c6ccc7ccccc7c6)nc(-c6cccc7c6sc6ccccc67)n5)c5c(c4)oc4ccccc45)c23)C1. The molecule has 0 bridgehead atoms. The van der Waals surface area contributed by atoms with Crippen LogP contribution < -0.4 is 0 Å². The molecular formula is C50H31N3O2S. The van der Waals surface area contributed by atoms with E-state index in [1.807, 2.05) is 12.1 Å². The molecule has 264 valence electrons. The minimum atomic E-state index is 0.429. The van der Waals surface area contributed by atoms with Gasteiger partial charge in [-0.3, -0.25) is 0 Å². The van der Waals surface area contributed by atoms with Crippen LogP contribution in [0.5, 0.6) is 0 Å². The first-order chi connectivity index (χ1) is 27.6. The smallest absolute Gasteiger partial charge is 0.165 e. The van der Waals surface area contributed by atoms with Crippen molar-refractivity contribution >= 4 is 81.3 Å². The molecule has 0 amide bonds. The van der Waals surface area contributed by atoms with Gasteiger partial charge in [0.25, 0.3) is 0 Å². The zero-order chi connectivity index (χ0) is 36.9. The molecule has 1 aliphatic carbocycles. The van der Waals surface area contributed by atoms with Gasteiger partial charge in [-0.15, -0.1) is 11.3 Å². The Balaban J connectivity index is 1.16. The molecule has 6 heteroatoms. The van der Waals surface area contributed by atoms with Gasteiger partial charge in [-0.1, -0.05) is 116 Å². The average molecular weight is 738 g/mol. The topological polar surface area (TPSA) is 65.0 Å². The van der Waals surface area contributed by atoms with Crippen molar-refractivity contribution in [2.24, 2.45) is 5.92 Å². The number of hydrogen-bond acceptors (Lipinski definition) is 6. The summed E-state index contributed by atoms with van der Waals surface area (Å²) in [6.07, 6.45) is 5.38. The number of aromatic nitrogens is 3. The van der Waals surface area contributed by atoms with Gasteiger partial charge in [0, 0.05) is 65.0 Å². The molecule has 1 atom stereocenters. The first kappa shape index (κ1) is 31.5. The highest BCUT2D eigenvalue weighted by Gasteiger charge is 2.24. The Bertz CT molecular complexity index is 3440. The zero-order valence-corrected chi connectivity index (χ0v) is 31.1. The van der Waals surface area contributed by atoms with Crippen LogP contribution in [0.25, 0.3) is 115 Å². The van der Waals surface area contributed by atoms with E-state index in [9.17, 15) is 0 Å². The minimum Gasteiger partial charge on any atom is -0.460 e. The highest BCUT2D eigenvalue weighted by Crippen LogP contribution is 2.45. The number of fused-ring (bicyclic) bond motifs is 10. The molecule has 0 fully saturated rings. The summed E-state index contributed by atoms with van der Waals surface area (Å²) in [6, 6.07) is 48.8. The molecule has 0 N–H and O–H groups in total. The number of furan rings is 2. The molecule has 5 nitrogen and oxygen atoms in total. The second-order valence-electron chi connectivity index (χ2n) is 14.8. The Hall–Kier alpha value is -6.89. The van der Waals surface area contributed by atoms with Gasteiger partial charge in [0.1, 0.15) is 22.5 Å². The number of hydrogen-bond donors (Lipinski definition) is 0. The molecule has 12 rings (SSSR count). The number of benzene rings is 7. The van der Waals surface area contributed by atoms with E-state index >= 15 is 0 Å². The van der Waals surface area contributed by atoms with E-state index in [1.54, 1.807) is 11.3 Å². The molecule has 0 saturated heterocycles. The fourth-order valence-electron chi connectivity index (χ4n) is 8.59. The largest absolute Gasteiger partial charge is 0.460 e. The van der Waals surface area contributed by atoms with Crippen molar-refractivity contribution in [3.8, 4) is 45.3 Å². The molecule has 11 aromatic rings. The Morgan fingerprint density at radius 3 is 2.20 bits per heavy atom. The minimum absolute atomic E-state index is 0.429. The summed E-state index contributed by atoms with van der Waals surface area (Å²) in [5.41, 5.74) is 8.51. The first-order valence-electron chi connectivity index (χ1n) is 19.0. The highest BCUT2D eigenvalue weighted by molar-refractivity contribution is 7.26. The predicted molar refractivity (Wildman–Crippen MR) is 231 cm³/mol.